The molecule has 6 nitrogen and oxygen atoms in total. The summed E-state index contributed by atoms with van der Waals surface area (Å²) >= 11 is 0. The Labute approximate surface area is 96.6 Å². The van der Waals surface area contributed by atoms with E-state index in [0.717, 1.165) is 5.39 Å². The van der Waals surface area contributed by atoms with Crippen molar-refractivity contribution in [3.8, 4) is 0 Å². The van der Waals surface area contributed by atoms with E-state index in [9.17, 15) is 4.79 Å². The summed E-state index contributed by atoms with van der Waals surface area (Å²) in [5.74, 6) is -0.817. The second-order valence-electron chi connectivity index (χ2n) is 3.41. The third-order valence-electron chi connectivity index (χ3n) is 2.23. The predicted molar refractivity (Wildman–Crippen MR) is 64.2 cm³/mol. The molecular weight excluding hydrogens is 220 g/mol. The zero-order valence-corrected chi connectivity index (χ0v) is 8.79. The van der Waals surface area contributed by atoms with Crippen LogP contribution >= 0.6 is 0 Å². The fraction of sp³-hybridized carbons (Fsp3) is 0. The summed E-state index contributed by atoms with van der Waals surface area (Å²) in [6, 6.07) is 6.45. The van der Waals surface area contributed by atoms with Gasteiger partial charge in [0.05, 0.1) is 5.56 Å². The van der Waals surface area contributed by atoms with Crippen LogP contribution in [-0.2, 0) is 0 Å². The Morgan fingerprint density at radius 1 is 1.29 bits per heavy atom. The van der Waals surface area contributed by atoms with Crippen molar-refractivity contribution in [2.75, 3.05) is 0 Å². The highest BCUT2D eigenvalue weighted by Gasteiger charge is 2.07. The minimum absolute atomic E-state index is 0.120. The molecule has 17 heavy (non-hydrogen) atoms. The Bertz CT molecular complexity index is 618. The number of benzene rings is 1. The van der Waals surface area contributed by atoms with Crippen molar-refractivity contribution in [2.24, 2.45) is 16.5 Å². The summed E-state index contributed by atoms with van der Waals surface area (Å²) in [4.78, 5) is 18.7. The van der Waals surface area contributed by atoms with Crippen molar-refractivity contribution in [3.05, 3.63) is 36.0 Å². The number of carboxylic acid groups (broad SMARTS) is 1. The molecule has 2 aromatic rings. The quantitative estimate of drug-likeness (QED) is 0.522. The number of hydrogen-bond acceptors (Lipinski definition) is 3. The van der Waals surface area contributed by atoms with Crippen LogP contribution < -0.4 is 11.5 Å². The van der Waals surface area contributed by atoms with Gasteiger partial charge in [-0.2, -0.15) is 4.99 Å². The van der Waals surface area contributed by atoms with Gasteiger partial charge in [-0.05, 0) is 23.6 Å². The molecule has 0 saturated heterocycles. The molecule has 2 rings (SSSR count). The maximum Gasteiger partial charge on any atom is 0.335 e. The Hall–Kier alpha value is -2.63. The molecule has 0 atom stereocenters. The van der Waals surface area contributed by atoms with Crippen molar-refractivity contribution >= 4 is 28.5 Å². The van der Waals surface area contributed by atoms with Gasteiger partial charge in [-0.3, -0.25) is 0 Å². The van der Waals surface area contributed by atoms with Crippen molar-refractivity contribution in [3.63, 3.8) is 0 Å². The molecule has 1 aromatic heterocycles. The summed E-state index contributed by atoms with van der Waals surface area (Å²) in [5, 5.41) is 10.3. The number of aliphatic imine (C=N–C) groups is 1. The second-order valence-corrected chi connectivity index (χ2v) is 3.41. The van der Waals surface area contributed by atoms with E-state index in [1.807, 2.05) is 0 Å². The highest BCUT2D eigenvalue weighted by atomic mass is 16.4. The first-order valence-electron chi connectivity index (χ1n) is 4.79. The molecule has 6 heteroatoms. The SMILES string of the molecule is NC(N)=Nc1nccc2ccc(C(=O)O)cc12. The van der Waals surface area contributed by atoms with E-state index in [1.165, 1.54) is 12.1 Å². The summed E-state index contributed by atoms with van der Waals surface area (Å²) in [6.45, 7) is 0. The molecule has 1 heterocycles. The van der Waals surface area contributed by atoms with E-state index in [2.05, 4.69) is 9.98 Å². The number of carboxylic acids is 1. The van der Waals surface area contributed by atoms with Gasteiger partial charge in [0.25, 0.3) is 0 Å². The van der Waals surface area contributed by atoms with Crippen molar-refractivity contribution in [1.82, 2.24) is 4.98 Å². The van der Waals surface area contributed by atoms with Crippen LogP contribution in [-0.4, -0.2) is 22.0 Å². The van der Waals surface area contributed by atoms with E-state index in [1.54, 1.807) is 18.3 Å². The monoisotopic (exact) mass is 230 g/mol. The third-order valence-corrected chi connectivity index (χ3v) is 2.23. The van der Waals surface area contributed by atoms with Gasteiger partial charge in [0, 0.05) is 11.6 Å². The predicted octanol–water partition coefficient (Wildman–Crippen LogP) is 0.838. The number of fused-ring (bicyclic) bond motifs is 1. The molecule has 0 unspecified atom stereocenters. The molecule has 0 spiro atoms. The largest absolute Gasteiger partial charge is 0.478 e. The molecule has 5 N–H and O–H groups in total. The normalized spacial score (nSPS) is 10.1. The smallest absolute Gasteiger partial charge is 0.335 e. The average Bonchev–Trinajstić information content (AvgIpc) is 2.28. The highest BCUT2D eigenvalue weighted by molar-refractivity contribution is 5.98. The maximum absolute atomic E-state index is 10.9. The second kappa shape index (κ2) is 4.09. The number of hydrogen-bond donors (Lipinski definition) is 3. The lowest BCUT2D eigenvalue weighted by atomic mass is 10.1. The molecule has 0 amide bonds. The fourth-order valence-electron chi connectivity index (χ4n) is 1.50. The van der Waals surface area contributed by atoms with Crippen LogP contribution in [0.15, 0.2) is 35.5 Å². The average molecular weight is 230 g/mol. The van der Waals surface area contributed by atoms with Crippen LogP contribution in [0, 0.1) is 0 Å². The Morgan fingerprint density at radius 2 is 2.06 bits per heavy atom. The molecule has 0 radical (unpaired) electrons. The number of carbonyl (C=O) groups is 1. The highest BCUT2D eigenvalue weighted by Crippen LogP contribution is 2.24. The van der Waals surface area contributed by atoms with E-state index in [-0.39, 0.29) is 11.5 Å². The molecule has 0 fully saturated rings. The zero-order valence-electron chi connectivity index (χ0n) is 8.79. The van der Waals surface area contributed by atoms with Gasteiger partial charge < -0.3 is 16.6 Å². The number of aromatic nitrogens is 1. The molecule has 1 aromatic carbocycles. The number of aromatic carboxylic acids is 1. The molecule has 0 aliphatic rings. The number of guanidine groups is 1. The molecule has 86 valence electrons. The van der Waals surface area contributed by atoms with Gasteiger partial charge in [0.2, 0.25) is 0 Å². The van der Waals surface area contributed by atoms with Gasteiger partial charge in [-0.1, -0.05) is 6.07 Å². The van der Waals surface area contributed by atoms with Gasteiger partial charge in [-0.25, -0.2) is 9.78 Å². The van der Waals surface area contributed by atoms with Gasteiger partial charge in [0.1, 0.15) is 0 Å². The number of nitrogens with zero attached hydrogens (tertiary/aromatic N) is 2. The van der Waals surface area contributed by atoms with Gasteiger partial charge in [0.15, 0.2) is 11.8 Å². The standard InChI is InChI=1S/C11H10N4O2/c12-11(13)15-9-8-5-7(10(16)17)2-1-6(8)3-4-14-9/h1-5H,(H,16,17)(H4,12,13,14,15). The summed E-state index contributed by atoms with van der Waals surface area (Å²) < 4.78 is 0. The summed E-state index contributed by atoms with van der Waals surface area (Å²) in [5.41, 5.74) is 10.7. The number of nitrogens with two attached hydrogens (primary N) is 2. The topological polar surface area (TPSA) is 115 Å². The third kappa shape index (κ3) is 2.15. The van der Waals surface area contributed by atoms with Crippen LogP contribution in [0.4, 0.5) is 5.82 Å². The van der Waals surface area contributed by atoms with E-state index in [0.29, 0.717) is 11.2 Å². The van der Waals surface area contributed by atoms with E-state index < -0.39 is 5.97 Å². The molecule has 0 bridgehead atoms. The first kappa shape index (κ1) is 10.9. The Kier molecular flexibility index (Phi) is 2.61. The van der Waals surface area contributed by atoms with Gasteiger partial charge >= 0.3 is 5.97 Å². The van der Waals surface area contributed by atoms with Crippen molar-refractivity contribution in [2.45, 2.75) is 0 Å². The first-order valence-corrected chi connectivity index (χ1v) is 4.79. The number of pyridine rings is 1. The summed E-state index contributed by atoms with van der Waals surface area (Å²) in [6.07, 6.45) is 1.56. The molecular formula is C11H10N4O2. The van der Waals surface area contributed by atoms with Crippen LogP contribution in [0.25, 0.3) is 10.8 Å². The minimum atomic E-state index is -1.01. The zero-order chi connectivity index (χ0) is 12.4. The molecule has 0 saturated carbocycles. The van der Waals surface area contributed by atoms with Crippen LogP contribution in [0.3, 0.4) is 0 Å². The fourth-order valence-corrected chi connectivity index (χ4v) is 1.50. The lowest BCUT2D eigenvalue weighted by Gasteiger charge is -2.02. The van der Waals surface area contributed by atoms with Crippen LogP contribution in [0.1, 0.15) is 10.4 Å². The lowest BCUT2D eigenvalue weighted by Crippen LogP contribution is -2.22. The van der Waals surface area contributed by atoms with Gasteiger partial charge in [-0.15, -0.1) is 0 Å². The molecule has 0 aliphatic carbocycles. The van der Waals surface area contributed by atoms with Crippen molar-refractivity contribution in [1.29, 1.82) is 0 Å². The maximum atomic E-state index is 10.9. The first-order chi connectivity index (χ1) is 8.08. The minimum Gasteiger partial charge on any atom is -0.478 e. The van der Waals surface area contributed by atoms with Crippen molar-refractivity contribution < 1.29 is 9.90 Å². The van der Waals surface area contributed by atoms with Crippen LogP contribution in [0.5, 0.6) is 0 Å². The van der Waals surface area contributed by atoms with E-state index in [4.69, 9.17) is 16.6 Å². The van der Waals surface area contributed by atoms with Crippen LogP contribution in [0.2, 0.25) is 0 Å². The summed E-state index contributed by atoms with van der Waals surface area (Å²) in [7, 11) is 0. The number of rotatable bonds is 2. The van der Waals surface area contributed by atoms with E-state index >= 15 is 0 Å². The lowest BCUT2D eigenvalue weighted by molar-refractivity contribution is 0.0697. The Balaban J connectivity index is 2.72. The molecule has 0 aliphatic heterocycles. The Morgan fingerprint density at radius 3 is 2.71 bits per heavy atom.